The highest BCUT2D eigenvalue weighted by Gasteiger charge is 2.15. The highest BCUT2D eigenvalue weighted by atomic mass is 16.5. The predicted molar refractivity (Wildman–Crippen MR) is 74.6 cm³/mol. The average Bonchev–Trinajstić information content (AvgIpc) is 2.40. The van der Waals surface area contributed by atoms with Gasteiger partial charge in [-0.1, -0.05) is 19.9 Å². The third-order valence-electron chi connectivity index (χ3n) is 3.32. The molecule has 0 heterocycles. The first-order valence-corrected chi connectivity index (χ1v) is 6.53. The van der Waals surface area contributed by atoms with Crippen molar-refractivity contribution in [2.24, 2.45) is 0 Å². The topological polar surface area (TPSA) is 38.3 Å². The fraction of sp³-hybridized carbons (Fsp3) is 0.533. The van der Waals surface area contributed by atoms with Gasteiger partial charge in [0, 0.05) is 0 Å². The first-order valence-electron chi connectivity index (χ1n) is 6.53. The van der Waals surface area contributed by atoms with Crippen molar-refractivity contribution in [3.63, 3.8) is 0 Å². The molecule has 3 nitrogen and oxygen atoms in total. The summed E-state index contributed by atoms with van der Waals surface area (Å²) in [5, 5.41) is 2.89. The summed E-state index contributed by atoms with van der Waals surface area (Å²) in [6.45, 7) is 4.68. The minimum absolute atomic E-state index is 0.0714. The molecule has 1 N–H and O–H groups in total. The van der Waals surface area contributed by atoms with Gasteiger partial charge in [-0.3, -0.25) is 4.79 Å². The van der Waals surface area contributed by atoms with Gasteiger partial charge in [0.2, 0.25) is 0 Å². The number of carbonyl (C=O) groups excluding carboxylic acids is 1. The molecule has 0 atom stereocenters. The van der Waals surface area contributed by atoms with E-state index >= 15 is 0 Å². The number of hydrogen-bond donors (Lipinski definition) is 1. The van der Waals surface area contributed by atoms with Crippen LogP contribution >= 0.6 is 0 Å². The SMILES string of the molecule is CCC(CC)c1ccc(OC)c(C(=O)CNC)c1. The summed E-state index contributed by atoms with van der Waals surface area (Å²) < 4.78 is 5.27. The van der Waals surface area contributed by atoms with Crippen LogP contribution in [0, 0.1) is 0 Å². The summed E-state index contributed by atoms with van der Waals surface area (Å²) in [5.41, 5.74) is 1.90. The maximum atomic E-state index is 12.0. The lowest BCUT2D eigenvalue weighted by Gasteiger charge is -2.15. The molecule has 0 saturated carbocycles. The molecule has 0 aliphatic carbocycles. The predicted octanol–water partition coefficient (Wildman–Crippen LogP) is 3.00. The molecule has 0 aliphatic rings. The van der Waals surface area contributed by atoms with E-state index in [1.165, 1.54) is 5.56 Å². The smallest absolute Gasteiger partial charge is 0.180 e. The van der Waals surface area contributed by atoms with E-state index < -0.39 is 0 Å². The summed E-state index contributed by atoms with van der Waals surface area (Å²) in [5.74, 6) is 1.24. The van der Waals surface area contributed by atoms with Gasteiger partial charge >= 0.3 is 0 Å². The quantitative estimate of drug-likeness (QED) is 0.755. The zero-order valence-corrected chi connectivity index (χ0v) is 11.7. The zero-order chi connectivity index (χ0) is 13.5. The fourth-order valence-electron chi connectivity index (χ4n) is 2.21. The van der Waals surface area contributed by atoms with Crippen molar-refractivity contribution in [1.82, 2.24) is 5.32 Å². The summed E-state index contributed by atoms with van der Waals surface area (Å²) in [4.78, 5) is 12.0. The number of methoxy groups -OCH3 is 1. The Morgan fingerprint density at radius 2 is 2.00 bits per heavy atom. The highest BCUT2D eigenvalue weighted by Crippen LogP contribution is 2.28. The van der Waals surface area contributed by atoms with E-state index in [2.05, 4.69) is 25.2 Å². The molecule has 0 radical (unpaired) electrons. The van der Waals surface area contributed by atoms with Gasteiger partial charge in [0.25, 0.3) is 0 Å². The molecule has 3 heteroatoms. The van der Waals surface area contributed by atoms with Gasteiger partial charge < -0.3 is 10.1 Å². The van der Waals surface area contributed by atoms with Crippen molar-refractivity contribution in [3.8, 4) is 5.75 Å². The summed E-state index contributed by atoms with van der Waals surface area (Å²) in [6.07, 6.45) is 2.17. The van der Waals surface area contributed by atoms with Crippen molar-refractivity contribution < 1.29 is 9.53 Å². The Bertz CT molecular complexity index is 397. The van der Waals surface area contributed by atoms with Crippen LogP contribution in [-0.2, 0) is 0 Å². The molecule has 0 aromatic heterocycles. The molecule has 1 aromatic carbocycles. The second kappa shape index (κ2) is 7.17. The summed E-state index contributed by atoms with van der Waals surface area (Å²) in [6, 6.07) is 5.94. The number of hydrogen-bond acceptors (Lipinski definition) is 3. The summed E-state index contributed by atoms with van der Waals surface area (Å²) in [7, 11) is 3.37. The number of likely N-dealkylation sites (N-methyl/N-ethyl adjacent to an activating group) is 1. The third kappa shape index (κ3) is 3.33. The van der Waals surface area contributed by atoms with E-state index in [0.29, 0.717) is 23.8 Å². The monoisotopic (exact) mass is 249 g/mol. The van der Waals surface area contributed by atoms with Crippen LogP contribution in [-0.4, -0.2) is 26.5 Å². The second-order valence-electron chi connectivity index (χ2n) is 4.43. The Morgan fingerprint density at radius 3 is 2.50 bits per heavy atom. The number of benzene rings is 1. The number of rotatable bonds is 7. The lowest BCUT2D eigenvalue weighted by molar-refractivity contribution is 0.0990. The van der Waals surface area contributed by atoms with Crippen molar-refractivity contribution in [3.05, 3.63) is 29.3 Å². The molecule has 1 rings (SSSR count). The molecule has 1 aromatic rings. The average molecular weight is 249 g/mol. The number of ether oxygens (including phenoxy) is 1. The van der Waals surface area contributed by atoms with E-state index in [1.807, 2.05) is 12.1 Å². The molecule has 0 saturated heterocycles. The second-order valence-corrected chi connectivity index (χ2v) is 4.43. The van der Waals surface area contributed by atoms with Gasteiger partial charge in [0.1, 0.15) is 5.75 Å². The zero-order valence-electron chi connectivity index (χ0n) is 11.7. The number of ketones is 1. The van der Waals surface area contributed by atoms with Gasteiger partial charge in [0.05, 0.1) is 19.2 Å². The molecule has 0 amide bonds. The summed E-state index contributed by atoms with van der Waals surface area (Å²) >= 11 is 0. The van der Waals surface area contributed by atoms with E-state index in [4.69, 9.17) is 4.74 Å². The number of carbonyl (C=O) groups is 1. The Morgan fingerprint density at radius 1 is 1.33 bits per heavy atom. The number of Topliss-reactive ketones (excluding diaryl/α,β-unsaturated/α-hetero) is 1. The van der Waals surface area contributed by atoms with Crippen molar-refractivity contribution in [1.29, 1.82) is 0 Å². The molecular formula is C15H23NO2. The lowest BCUT2D eigenvalue weighted by Crippen LogP contribution is -2.19. The first-order chi connectivity index (χ1) is 8.67. The van der Waals surface area contributed by atoms with Crippen molar-refractivity contribution in [2.45, 2.75) is 32.6 Å². The molecule has 0 unspecified atom stereocenters. The van der Waals surface area contributed by atoms with Crippen LogP contribution in [0.2, 0.25) is 0 Å². The van der Waals surface area contributed by atoms with Gasteiger partial charge in [-0.15, -0.1) is 0 Å². The van der Waals surface area contributed by atoms with Crippen LogP contribution < -0.4 is 10.1 Å². The van der Waals surface area contributed by atoms with Gasteiger partial charge in [-0.05, 0) is 43.5 Å². The standard InChI is InChI=1S/C15H23NO2/c1-5-11(6-2)12-7-8-15(18-4)13(9-12)14(17)10-16-3/h7-9,11,16H,5-6,10H2,1-4H3. The van der Waals surface area contributed by atoms with E-state index in [1.54, 1.807) is 14.2 Å². The van der Waals surface area contributed by atoms with Gasteiger partial charge in [0.15, 0.2) is 5.78 Å². The molecule has 0 fully saturated rings. The van der Waals surface area contributed by atoms with Gasteiger partial charge in [-0.25, -0.2) is 0 Å². The molecular weight excluding hydrogens is 226 g/mol. The Hall–Kier alpha value is -1.35. The Balaban J connectivity index is 3.12. The van der Waals surface area contributed by atoms with E-state index in [0.717, 1.165) is 12.8 Å². The Kier molecular flexibility index (Phi) is 5.86. The molecule has 18 heavy (non-hydrogen) atoms. The largest absolute Gasteiger partial charge is 0.496 e. The third-order valence-corrected chi connectivity index (χ3v) is 3.32. The molecule has 0 aliphatic heterocycles. The van der Waals surface area contributed by atoms with Gasteiger partial charge in [-0.2, -0.15) is 0 Å². The fourth-order valence-corrected chi connectivity index (χ4v) is 2.21. The van der Waals surface area contributed by atoms with Crippen LogP contribution in [0.5, 0.6) is 5.75 Å². The van der Waals surface area contributed by atoms with E-state index in [-0.39, 0.29) is 5.78 Å². The minimum atomic E-state index is 0.0714. The van der Waals surface area contributed by atoms with Crippen molar-refractivity contribution >= 4 is 5.78 Å². The maximum Gasteiger partial charge on any atom is 0.180 e. The number of nitrogens with one attached hydrogen (secondary N) is 1. The van der Waals surface area contributed by atoms with Crippen LogP contribution in [0.1, 0.15) is 48.5 Å². The highest BCUT2D eigenvalue weighted by molar-refractivity contribution is 6.00. The molecule has 0 bridgehead atoms. The van der Waals surface area contributed by atoms with Crippen LogP contribution in [0.4, 0.5) is 0 Å². The molecule has 100 valence electrons. The normalized spacial score (nSPS) is 10.7. The van der Waals surface area contributed by atoms with Crippen molar-refractivity contribution in [2.75, 3.05) is 20.7 Å². The first kappa shape index (κ1) is 14.7. The van der Waals surface area contributed by atoms with Crippen LogP contribution in [0.3, 0.4) is 0 Å². The van der Waals surface area contributed by atoms with Crippen LogP contribution in [0.25, 0.3) is 0 Å². The maximum absolute atomic E-state index is 12.0. The lowest BCUT2D eigenvalue weighted by atomic mass is 9.91. The Labute approximate surface area is 110 Å². The van der Waals surface area contributed by atoms with Crippen LogP contribution in [0.15, 0.2) is 18.2 Å². The molecule has 0 spiro atoms. The minimum Gasteiger partial charge on any atom is -0.496 e. The van der Waals surface area contributed by atoms with E-state index in [9.17, 15) is 4.79 Å².